The Kier molecular flexibility index (Phi) is 2.83. The fraction of sp³-hybridized carbons (Fsp3) is 0.429. The monoisotopic (exact) mass is 188 g/mol. The molecule has 5 heteroatoms. The number of hydrogen-bond donors (Lipinski definition) is 2. The number of aromatic amines is 1. The van der Waals surface area contributed by atoms with Gasteiger partial charge in [0.1, 0.15) is 0 Å². The van der Waals surface area contributed by atoms with Gasteiger partial charge in [-0.2, -0.15) is 5.10 Å². The van der Waals surface area contributed by atoms with Crippen molar-refractivity contribution >= 4 is 11.6 Å². The maximum absolute atomic E-state index is 11.1. The lowest BCUT2D eigenvalue weighted by atomic mass is 10.1. The van der Waals surface area contributed by atoms with E-state index >= 15 is 0 Å². The van der Waals surface area contributed by atoms with Crippen LogP contribution in [0.5, 0.6) is 0 Å². The molecule has 1 unspecified atom stereocenters. The van der Waals surface area contributed by atoms with Gasteiger partial charge >= 0.3 is 0 Å². The summed E-state index contributed by atoms with van der Waals surface area (Å²) in [6.45, 7) is 1.61. The van der Waals surface area contributed by atoms with Crippen LogP contribution in [-0.4, -0.2) is 21.9 Å². The molecule has 0 radical (unpaired) electrons. The predicted molar refractivity (Wildman–Crippen MR) is 45.4 cm³/mol. The molecule has 12 heavy (non-hydrogen) atoms. The summed E-state index contributed by atoms with van der Waals surface area (Å²) >= 11 is 5.71. The van der Waals surface area contributed by atoms with Gasteiger partial charge in [-0.1, -0.05) is 18.5 Å². The van der Waals surface area contributed by atoms with Crippen molar-refractivity contribution in [2.45, 2.75) is 12.8 Å². The first-order valence-electron chi connectivity index (χ1n) is 3.50. The summed E-state index contributed by atoms with van der Waals surface area (Å²) in [6, 6.07) is 0. The lowest BCUT2D eigenvalue weighted by Gasteiger charge is -2.07. The third-order valence-corrected chi connectivity index (χ3v) is 1.91. The molecule has 1 aromatic heterocycles. The Morgan fingerprint density at radius 1 is 1.83 bits per heavy atom. The number of aromatic nitrogens is 2. The zero-order chi connectivity index (χ0) is 9.14. The molecule has 0 spiro atoms. The summed E-state index contributed by atoms with van der Waals surface area (Å²) in [7, 11) is 0. The van der Waals surface area contributed by atoms with Crippen LogP contribution in [0.2, 0.25) is 5.02 Å². The van der Waals surface area contributed by atoms with E-state index in [0.29, 0.717) is 10.6 Å². The van der Waals surface area contributed by atoms with Gasteiger partial charge in [-0.3, -0.25) is 4.79 Å². The van der Waals surface area contributed by atoms with Crippen LogP contribution in [0, 0.1) is 0 Å². The van der Waals surface area contributed by atoms with Crippen LogP contribution in [0.3, 0.4) is 0 Å². The molecule has 0 aliphatic rings. The van der Waals surface area contributed by atoms with Gasteiger partial charge in [0.25, 0.3) is 5.56 Å². The Morgan fingerprint density at radius 3 is 3.00 bits per heavy atom. The Labute approximate surface area is 74.2 Å². The highest BCUT2D eigenvalue weighted by atomic mass is 35.5. The van der Waals surface area contributed by atoms with Gasteiger partial charge in [0.15, 0.2) is 0 Å². The van der Waals surface area contributed by atoms with E-state index in [1.807, 2.05) is 0 Å². The number of H-pyrrole nitrogens is 1. The molecule has 0 saturated heterocycles. The topological polar surface area (TPSA) is 66.0 Å². The minimum absolute atomic E-state index is 0.104. The number of halogens is 1. The zero-order valence-corrected chi connectivity index (χ0v) is 7.30. The molecule has 1 heterocycles. The second-order valence-corrected chi connectivity index (χ2v) is 2.95. The van der Waals surface area contributed by atoms with E-state index in [4.69, 9.17) is 16.7 Å². The molecule has 66 valence electrons. The minimum Gasteiger partial charge on any atom is -0.396 e. The number of aliphatic hydroxyl groups excluding tert-OH is 1. The third-order valence-electron chi connectivity index (χ3n) is 1.61. The number of nitrogens with one attached hydrogen (secondary N) is 1. The van der Waals surface area contributed by atoms with Crippen LogP contribution in [0.25, 0.3) is 0 Å². The molecule has 0 aliphatic heterocycles. The van der Waals surface area contributed by atoms with Crippen molar-refractivity contribution in [3.63, 3.8) is 0 Å². The Hall–Kier alpha value is -0.870. The maximum atomic E-state index is 11.1. The molecule has 2 N–H and O–H groups in total. The first-order chi connectivity index (χ1) is 5.66. The number of nitrogens with zero attached hydrogens (tertiary/aromatic N) is 1. The number of rotatable bonds is 2. The summed E-state index contributed by atoms with van der Waals surface area (Å²) in [4.78, 5) is 11.1. The molecule has 1 atom stereocenters. The average molecular weight is 189 g/mol. The standard InChI is InChI=1S/C7H9ClN2O2/c1-4(3-11)6-5(8)2-9-10-7(6)12/h2,4,11H,3H2,1H3,(H,10,12). The second-order valence-electron chi connectivity index (χ2n) is 2.54. The first kappa shape index (κ1) is 9.22. The van der Waals surface area contributed by atoms with E-state index in [1.165, 1.54) is 6.20 Å². The van der Waals surface area contributed by atoms with Crippen LogP contribution >= 0.6 is 11.6 Å². The molecular weight excluding hydrogens is 180 g/mol. The molecule has 0 aliphatic carbocycles. The number of aliphatic hydroxyl groups is 1. The third kappa shape index (κ3) is 1.65. The fourth-order valence-corrected chi connectivity index (χ4v) is 1.26. The molecular formula is C7H9ClN2O2. The van der Waals surface area contributed by atoms with Gasteiger partial charge in [-0.25, -0.2) is 5.10 Å². The van der Waals surface area contributed by atoms with Gasteiger partial charge in [-0.05, 0) is 0 Å². The fourth-order valence-electron chi connectivity index (χ4n) is 0.936. The van der Waals surface area contributed by atoms with E-state index in [-0.39, 0.29) is 18.1 Å². The van der Waals surface area contributed by atoms with Gasteiger partial charge < -0.3 is 5.11 Å². The molecule has 0 amide bonds. The summed E-state index contributed by atoms with van der Waals surface area (Å²) in [5.41, 5.74) is 0.0400. The van der Waals surface area contributed by atoms with Gasteiger partial charge in [0, 0.05) is 18.1 Å². The highest BCUT2D eigenvalue weighted by Crippen LogP contribution is 2.18. The van der Waals surface area contributed by atoms with Gasteiger partial charge in [-0.15, -0.1) is 0 Å². The average Bonchev–Trinajstić information content (AvgIpc) is 2.03. The van der Waals surface area contributed by atoms with Crippen molar-refractivity contribution in [1.82, 2.24) is 10.2 Å². The largest absolute Gasteiger partial charge is 0.396 e. The van der Waals surface area contributed by atoms with Crippen LogP contribution < -0.4 is 5.56 Å². The lowest BCUT2D eigenvalue weighted by molar-refractivity contribution is 0.272. The van der Waals surface area contributed by atoms with Crippen molar-refractivity contribution in [3.05, 3.63) is 27.1 Å². The van der Waals surface area contributed by atoms with Gasteiger partial charge in [0.05, 0.1) is 11.2 Å². The van der Waals surface area contributed by atoms with Gasteiger partial charge in [0.2, 0.25) is 0 Å². The Morgan fingerprint density at radius 2 is 2.50 bits per heavy atom. The van der Waals surface area contributed by atoms with E-state index in [9.17, 15) is 4.79 Å². The second kappa shape index (κ2) is 3.69. The minimum atomic E-state index is -0.343. The Balaban J connectivity index is 3.21. The smallest absolute Gasteiger partial charge is 0.269 e. The molecule has 0 bridgehead atoms. The van der Waals surface area contributed by atoms with E-state index < -0.39 is 0 Å². The predicted octanol–water partition coefficient (Wildman–Crippen LogP) is 0.519. The molecule has 0 aromatic carbocycles. The number of hydrogen-bond acceptors (Lipinski definition) is 3. The van der Waals surface area contributed by atoms with E-state index in [2.05, 4.69) is 10.2 Å². The first-order valence-corrected chi connectivity index (χ1v) is 3.88. The van der Waals surface area contributed by atoms with Crippen molar-refractivity contribution in [3.8, 4) is 0 Å². The van der Waals surface area contributed by atoms with Crippen LogP contribution in [0.15, 0.2) is 11.0 Å². The highest BCUT2D eigenvalue weighted by molar-refractivity contribution is 6.31. The molecule has 1 aromatic rings. The van der Waals surface area contributed by atoms with E-state index in [0.717, 1.165) is 0 Å². The SMILES string of the molecule is CC(CO)c1c(Cl)cn[nH]c1=O. The van der Waals surface area contributed by atoms with Crippen molar-refractivity contribution < 1.29 is 5.11 Å². The maximum Gasteiger partial charge on any atom is 0.269 e. The zero-order valence-electron chi connectivity index (χ0n) is 6.54. The molecule has 4 nitrogen and oxygen atoms in total. The van der Waals surface area contributed by atoms with Crippen molar-refractivity contribution in [2.75, 3.05) is 6.61 Å². The van der Waals surface area contributed by atoms with Crippen LogP contribution in [-0.2, 0) is 0 Å². The lowest BCUT2D eigenvalue weighted by Crippen LogP contribution is -2.18. The van der Waals surface area contributed by atoms with Crippen molar-refractivity contribution in [2.24, 2.45) is 0 Å². The molecule has 0 saturated carbocycles. The van der Waals surface area contributed by atoms with E-state index in [1.54, 1.807) is 6.92 Å². The summed E-state index contributed by atoms with van der Waals surface area (Å²) in [5.74, 6) is -0.260. The molecule has 1 rings (SSSR count). The summed E-state index contributed by atoms with van der Waals surface area (Å²) < 4.78 is 0. The highest BCUT2D eigenvalue weighted by Gasteiger charge is 2.12. The summed E-state index contributed by atoms with van der Waals surface area (Å²) in [5, 5.41) is 14.9. The normalized spacial score (nSPS) is 12.9. The quantitative estimate of drug-likeness (QED) is 0.711. The van der Waals surface area contributed by atoms with Crippen LogP contribution in [0.1, 0.15) is 18.4 Å². The Bertz CT molecular complexity index is 323. The van der Waals surface area contributed by atoms with Crippen LogP contribution in [0.4, 0.5) is 0 Å². The van der Waals surface area contributed by atoms with Crippen molar-refractivity contribution in [1.29, 1.82) is 0 Å². The summed E-state index contributed by atoms with van der Waals surface area (Å²) in [6.07, 6.45) is 1.35. The molecule has 0 fully saturated rings.